The van der Waals surface area contributed by atoms with E-state index in [1.807, 2.05) is 0 Å². The van der Waals surface area contributed by atoms with Crippen molar-refractivity contribution in [2.24, 2.45) is 0 Å². The van der Waals surface area contributed by atoms with Gasteiger partial charge in [-0.2, -0.15) is 0 Å². The van der Waals surface area contributed by atoms with E-state index in [9.17, 15) is 4.79 Å². The number of benzene rings is 1. The molecule has 0 saturated carbocycles. The van der Waals surface area contributed by atoms with Crippen molar-refractivity contribution in [3.63, 3.8) is 0 Å². The standard InChI is InChI=1S/C14H22N2O/c1-3-15-10-11-16-14(17)9-8-13-6-4-12(2)5-7-13/h4-7,15H,3,8-11H2,1-2H3,(H,16,17). The Kier molecular flexibility index (Phi) is 6.33. The maximum Gasteiger partial charge on any atom is 0.220 e. The molecule has 3 heteroatoms. The summed E-state index contributed by atoms with van der Waals surface area (Å²) in [6.45, 7) is 6.61. The number of likely N-dealkylation sites (N-methyl/N-ethyl adjacent to an activating group) is 1. The van der Waals surface area contributed by atoms with Crippen molar-refractivity contribution in [3.8, 4) is 0 Å². The molecule has 2 N–H and O–H groups in total. The third kappa shape index (κ3) is 6.07. The Morgan fingerprint density at radius 1 is 1.18 bits per heavy atom. The average Bonchev–Trinajstić information content (AvgIpc) is 2.34. The summed E-state index contributed by atoms with van der Waals surface area (Å²) in [6.07, 6.45) is 1.38. The van der Waals surface area contributed by atoms with Crippen LogP contribution < -0.4 is 10.6 Å². The molecule has 1 aromatic carbocycles. The molecular weight excluding hydrogens is 212 g/mol. The van der Waals surface area contributed by atoms with E-state index in [0.717, 1.165) is 19.5 Å². The predicted molar refractivity (Wildman–Crippen MR) is 71.1 cm³/mol. The third-order valence-corrected chi connectivity index (χ3v) is 2.64. The zero-order chi connectivity index (χ0) is 12.5. The Hall–Kier alpha value is -1.35. The minimum absolute atomic E-state index is 0.128. The summed E-state index contributed by atoms with van der Waals surface area (Å²) in [6, 6.07) is 8.33. The first-order valence-electron chi connectivity index (χ1n) is 6.25. The van der Waals surface area contributed by atoms with Gasteiger partial charge in [-0.1, -0.05) is 36.8 Å². The summed E-state index contributed by atoms with van der Waals surface area (Å²) in [7, 11) is 0. The van der Waals surface area contributed by atoms with Crippen LogP contribution in [0.15, 0.2) is 24.3 Å². The molecule has 0 fully saturated rings. The Morgan fingerprint density at radius 2 is 1.88 bits per heavy atom. The highest BCUT2D eigenvalue weighted by atomic mass is 16.1. The van der Waals surface area contributed by atoms with E-state index in [1.165, 1.54) is 11.1 Å². The Labute approximate surface area is 104 Å². The maximum absolute atomic E-state index is 11.5. The Balaban J connectivity index is 2.17. The fourth-order valence-electron chi connectivity index (χ4n) is 1.57. The van der Waals surface area contributed by atoms with Gasteiger partial charge in [0.2, 0.25) is 5.91 Å². The van der Waals surface area contributed by atoms with Gasteiger partial charge in [0, 0.05) is 19.5 Å². The second-order valence-corrected chi connectivity index (χ2v) is 4.19. The molecule has 1 amide bonds. The summed E-state index contributed by atoms with van der Waals surface area (Å²) < 4.78 is 0. The fraction of sp³-hybridized carbons (Fsp3) is 0.500. The van der Waals surface area contributed by atoms with Crippen molar-refractivity contribution in [3.05, 3.63) is 35.4 Å². The molecule has 94 valence electrons. The number of aryl methyl sites for hydroxylation is 2. The summed E-state index contributed by atoms with van der Waals surface area (Å²) >= 11 is 0. The highest BCUT2D eigenvalue weighted by Gasteiger charge is 2.01. The van der Waals surface area contributed by atoms with Gasteiger partial charge < -0.3 is 10.6 Å². The van der Waals surface area contributed by atoms with E-state index in [2.05, 4.69) is 48.7 Å². The molecular formula is C14H22N2O. The first kappa shape index (κ1) is 13.7. The largest absolute Gasteiger partial charge is 0.355 e. The minimum Gasteiger partial charge on any atom is -0.355 e. The summed E-state index contributed by atoms with van der Waals surface area (Å²) in [5, 5.41) is 6.07. The van der Waals surface area contributed by atoms with Crippen LogP contribution in [0.25, 0.3) is 0 Å². The molecule has 1 aromatic rings. The number of nitrogens with one attached hydrogen (secondary N) is 2. The van der Waals surface area contributed by atoms with E-state index >= 15 is 0 Å². The average molecular weight is 234 g/mol. The van der Waals surface area contributed by atoms with Gasteiger partial charge in [0.25, 0.3) is 0 Å². The lowest BCUT2D eigenvalue weighted by atomic mass is 10.1. The Bertz CT molecular complexity index is 333. The summed E-state index contributed by atoms with van der Waals surface area (Å²) in [5.74, 6) is 0.128. The molecule has 0 atom stereocenters. The molecule has 3 nitrogen and oxygen atoms in total. The van der Waals surface area contributed by atoms with Crippen LogP contribution in [0.3, 0.4) is 0 Å². The molecule has 0 aromatic heterocycles. The monoisotopic (exact) mass is 234 g/mol. The van der Waals surface area contributed by atoms with Crippen LogP contribution in [0.1, 0.15) is 24.5 Å². The molecule has 1 rings (SSSR count). The van der Waals surface area contributed by atoms with Crippen LogP contribution >= 0.6 is 0 Å². The van der Waals surface area contributed by atoms with E-state index in [0.29, 0.717) is 13.0 Å². The van der Waals surface area contributed by atoms with Gasteiger partial charge in [-0.15, -0.1) is 0 Å². The van der Waals surface area contributed by atoms with Crippen molar-refractivity contribution in [2.75, 3.05) is 19.6 Å². The lowest BCUT2D eigenvalue weighted by Gasteiger charge is -2.05. The van der Waals surface area contributed by atoms with Crippen molar-refractivity contribution >= 4 is 5.91 Å². The highest BCUT2D eigenvalue weighted by Crippen LogP contribution is 2.05. The zero-order valence-electron chi connectivity index (χ0n) is 10.8. The quantitative estimate of drug-likeness (QED) is 0.704. The van der Waals surface area contributed by atoms with Crippen LogP contribution in [-0.4, -0.2) is 25.5 Å². The second-order valence-electron chi connectivity index (χ2n) is 4.19. The predicted octanol–water partition coefficient (Wildman–Crippen LogP) is 1.65. The highest BCUT2D eigenvalue weighted by molar-refractivity contribution is 5.76. The van der Waals surface area contributed by atoms with Crippen LogP contribution in [0.4, 0.5) is 0 Å². The normalized spacial score (nSPS) is 10.2. The topological polar surface area (TPSA) is 41.1 Å². The van der Waals surface area contributed by atoms with E-state index in [4.69, 9.17) is 0 Å². The van der Waals surface area contributed by atoms with E-state index in [1.54, 1.807) is 0 Å². The lowest BCUT2D eigenvalue weighted by Crippen LogP contribution is -2.31. The van der Waals surface area contributed by atoms with Crippen molar-refractivity contribution < 1.29 is 4.79 Å². The van der Waals surface area contributed by atoms with Crippen LogP contribution in [0, 0.1) is 6.92 Å². The van der Waals surface area contributed by atoms with Crippen molar-refractivity contribution in [1.82, 2.24) is 10.6 Å². The smallest absolute Gasteiger partial charge is 0.220 e. The van der Waals surface area contributed by atoms with E-state index < -0.39 is 0 Å². The molecule has 0 heterocycles. The fourth-order valence-corrected chi connectivity index (χ4v) is 1.57. The molecule has 0 spiro atoms. The Morgan fingerprint density at radius 3 is 2.53 bits per heavy atom. The number of hydrogen-bond donors (Lipinski definition) is 2. The van der Waals surface area contributed by atoms with Crippen LogP contribution in [0.5, 0.6) is 0 Å². The van der Waals surface area contributed by atoms with Crippen molar-refractivity contribution in [1.29, 1.82) is 0 Å². The maximum atomic E-state index is 11.5. The number of amides is 1. The van der Waals surface area contributed by atoms with Gasteiger partial charge in [0.05, 0.1) is 0 Å². The molecule has 0 unspecified atom stereocenters. The van der Waals surface area contributed by atoms with Gasteiger partial charge in [-0.3, -0.25) is 4.79 Å². The molecule has 0 aliphatic heterocycles. The van der Waals surface area contributed by atoms with Gasteiger partial charge in [-0.25, -0.2) is 0 Å². The third-order valence-electron chi connectivity index (χ3n) is 2.64. The number of hydrogen-bond acceptors (Lipinski definition) is 2. The van der Waals surface area contributed by atoms with E-state index in [-0.39, 0.29) is 5.91 Å². The van der Waals surface area contributed by atoms with Gasteiger partial charge in [0.1, 0.15) is 0 Å². The number of rotatable bonds is 7. The number of carbonyl (C=O) groups is 1. The van der Waals surface area contributed by atoms with Gasteiger partial charge >= 0.3 is 0 Å². The first-order valence-corrected chi connectivity index (χ1v) is 6.25. The SMILES string of the molecule is CCNCCNC(=O)CCc1ccc(C)cc1. The molecule has 0 aliphatic carbocycles. The van der Waals surface area contributed by atoms with Crippen molar-refractivity contribution in [2.45, 2.75) is 26.7 Å². The van der Waals surface area contributed by atoms with Gasteiger partial charge in [0.15, 0.2) is 0 Å². The van der Waals surface area contributed by atoms with Crippen LogP contribution in [-0.2, 0) is 11.2 Å². The molecule has 17 heavy (non-hydrogen) atoms. The summed E-state index contributed by atoms with van der Waals surface area (Å²) in [5.41, 5.74) is 2.47. The molecule has 0 saturated heterocycles. The molecule has 0 aliphatic rings. The number of carbonyl (C=O) groups excluding carboxylic acids is 1. The first-order chi connectivity index (χ1) is 8.22. The van der Waals surface area contributed by atoms with Gasteiger partial charge in [-0.05, 0) is 25.5 Å². The van der Waals surface area contributed by atoms with Crippen LogP contribution in [0.2, 0.25) is 0 Å². The molecule has 0 bridgehead atoms. The minimum atomic E-state index is 0.128. The zero-order valence-corrected chi connectivity index (χ0v) is 10.8. The molecule has 0 radical (unpaired) electrons. The lowest BCUT2D eigenvalue weighted by molar-refractivity contribution is -0.121. The second kappa shape index (κ2) is 7.85. The summed E-state index contributed by atoms with van der Waals surface area (Å²) in [4.78, 5) is 11.5.